The number of ether oxygens (including phenoxy) is 1. The Hall–Kier alpha value is -1.32. The van der Waals surface area contributed by atoms with Gasteiger partial charge in [-0.2, -0.15) is 0 Å². The quantitative estimate of drug-likeness (QED) is 0.582. The number of hydrogen-bond acceptors (Lipinski definition) is 8. The van der Waals surface area contributed by atoms with Gasteiger partial charge in [-0.25, -0.2) is 9.97 Å². The molecule has 0 aliphatic carbocycles. The Kier molecular flexibility index (Phi) is 3.11. The maximum absolute atomic E-state index is 10.0. The summed E-state index contributed by atoms with van der Waals surface area (Å²) in [6.07, 6.45) is -2.39. The largest absolute Gasteiger partial charge is 0.394 e. The number of anilines is 1. The van der Waals surface area contributed by atoms with E-state index in [1.165, 1.54) is 17.7 Å². The van der Waals surface area contributed by atoms with Crippen LogP contribution in [0.5, 0.6) is 0 Å². The Morgan fingerprint density at radius 2 is 2.11 bits per heavy atom. The molecule has 2 aromatic heterocycles. The van der Waals surface area contributed by atoms with Gasteiger partial charge < -0.3 is 25.8 Å². The number of thiophene rings is 1. The minimum absolute atomic E-state index is 0.352. The second-order valence-electron chi connectivity index (χ2n) is 4.38. The van der Waals surface area contributed by atoms with Crippen molar-refractivity contribution in [2.24, 2.45) is 0 Å². The molecule has 19 heavy (non-hydrogen) atoms. The highest BCUT2D eigenvalue weighted by Gasteiger charge is 2.44. The van der Waals surface area contributed by atoms with Crippen LogP contribution in [0, 0.1) is 0 Å². The van der Waals surface area contributed by atoms with E-state index in [2.05, 4.69) is 9.97 Å². The van der Waals surface area contributed by atoms with E-state index in [1.54, 1.807) is 5.38 Å². The molecule has 2 aromatic rings. The lowest BCUT2D eigenvalue weighted by molar-refractivity contribution is -0.0214. The third kappa shape index (κ3) is 1.88. The molecule has 7 nitrogen and oxygen atoms in total. The molecule has 4 atom stereocenters. The minimum atomic E-state index is -1.12. The fourth-order valence-electron chi connectivity index (χ4n) is 2.22. The lowest BCUT2D eigenvalue weighted by atomic mass is 10.1. The first-order valence-corrected chi connectivity index (χ1v) is 6.61. The SMILES string of the molecule is Nc1ncnc2c([C@@H]3O[C@@H](CO)[C@@H](O)[C@H]3O)scc12. The molecule has 0 saturated carbocycles. The van der Waals surface area contributed by atoms with Crippen molar-refractivity contribution in [3.8, 4) is 0 Å². The molecule has 0 aromatic carbocycles. The van der Waals surface area contributed by atoms with E-state index < -0.39 is 24.4 Å². The van der Waals surface area contributed by atoms with E-state index in [9.17, 15) is 10.2 Å². The van der Waals surface area contributed by atoms with E-state index in [0.717, 1.165) is 0 Å². The Morgan fingerprint density at radius 3 is 2.79 bits per heavy atom. The minimum Gasteiger partial charge on any atom is -0.394 e. The highest BCUT2D eigenvalue weighted by molar-refractivity contribution is 7.11. The van der Waals surface area contributed by atoms with Crippen LogP contribution in [0.15, 0.2) is 11.7 Å². The van der Waals surface area contributed by atoms with E-state index in [-0.39, 0.29) is 6.61 Å². The Balaban J connectivity index is 2.04. The maximum Gasteiger partial charge on any atom is 0.135 e. The zero-order chi connectivity index (χ0) is 13.6. The molecule has 0 radical (unpaired) electrons. The summed E-state index contributed by atoms with van der Waals surface area (Å²) in [7, 11) is 0. The molecule has 1 fully saturated rings. The summed E-state index contributed by atoms with van der Waals surface area (Å²) in [6.45, 7) is -0.352. The zero-order valence-corrected chi connectivity index (χ0v) is 10.6. The predicted octanol–water partition coefficient (Wildman–Crippen LogP) is -0.573. The first-order chi connectivity index (χ1) is 9.13. The van der Waals surface area contributed by atoms with Gasteiger partial charge in [0.2, 0.25) is 0 Å². The van der Waals surface area contributed by atoms with E-state index >= 15 is 0 Å². The number of rotatable bonds is 2. The van der Waals surface area contributed by atoms with Crippen molar-refractivity contribution >= 4 is 28.1 Å². The highest BCUT2D eigenvalue weighted by Crippen LogP contribution is 2.40. The standard InChI is InChI=1S/C11H13N3O4S/c12-11-4-2-19-10(6(4)13-3-14-11)9-8(17)7(16)5(1-15)18-9/h2-3,5,7-9,15-17H,1H2,(H2,12,13,14)/t5-,7+,8+,9+/m0/s1. The van der Waals surface area contributed by atoms with Crippen LogP contribution >= 0.6 is 11.3 Å². The monoisotopic (exact) mass is 283 g/mol. The van der Waals surface area contributed by atoms with Crippen molar-refractivity contribution in [2.75, 3.05) is 12.3 Å². The van der Waals surface area contributed by atoms with Crippen molar-refractivity contribution in [1.29, 1.82) is 0 Å². The van der Waals surface area contributed by atoms with Crippen LogP contribution in [0.2, 0.25) is 0 Å². The van der Waals surface area contributed by atoms with E-state index in [4.69, 9.17) is 15.6 Å². The van der Waals surface area contributed by atoms with Crippen LogP contribution in [0.3, 0.4) is 0 Å². The molecule has 102 valence electrons. The summed E-state index contributed by atoms with van der Waals surface area (Å²) in [5.74, 6) is 0.360. The van der Waals surface area contributed by atoms with Crippen LogP contribution in [0.1, 0.15) is 11.0 Å². The Morgan fingerprint density at radius 1 is 1.32 bits per heavy atom. The molecular weight excluding hydrogens is 270 g/mol. The summed E-state index contributed by atoms with van der Waals surface area (Å²) in [4.78, 5) is 8.71. The van der Waals surface area contributed by atoms with Crippen LogP contribution < -0.4 is 5.73 Å². The van der Waals surface area contributed by atoms with Gasteiger partial charge in [-0.05, 0) is 0 Å². The number of aliphatic hydroxyl groups is 3. The van der Waals surface area contributed by atoms with Gasteiger partial charge in [0.25, 0.3) is 0 Å². The fourth-order valence-corrected chi connectivity index (χ4v) is 3.30. The number of nitrogen functional groups attached to an aromatic ring is 1. The van der Waals surface area contributed by atoms with Gasteiger partial charge in [-0.3, -0.25) is 0 Å². The van der Waals surface area contributed by atoms with E-state index in [0.29, 0.717) is 21.6 Å². The first-order valence-electron chi connectivity index (χ1n) is 5.73. The smallest absolute Gasteiger partial charge is 0.135 e. The maximum atomic E-state index is 10.0. The average molecular weight is 283 g/mol. The average Bonchev–Trinajstić information content (AvgIpc) is 2.94. The predicted molar refractivity (Wildman–Crippen MR) is 68.5 cm³/mol. The number of aliphatic hydroxyl groups excluding tert-OH is 3. The summed E-state index contributed by atoms with van der Waals surface area (Å²) >= 11 is 1.33. The second kappa shape index (κ2) is 4.66. The van der Waals surface area contributed by atoms with Crippen molar-refractivity contribution < 1.29 is 20.1 Å². The van der Waals surface area contributed by atoms with Crippen LogP contribution in [0.25, 0.3) is 10.9 Å². The lowest BCUT2D eigenvalue weighted by Crippen LogP contribution is -2.32. The zero-order valence-electron chi connectivity index (χ0n) is 9.80. The molecule has 0 bridgehead atoms. The number of aromatic nitrogens is 2. The van der Waals surface area contributed by atoms with Crippen molar-refractivity contribution in [1.82, 2.24) is 9.97 Å². The van der Waals surface area contributed by atoms with Gasteiger partial charge >= 0.3 is 0 Å². The van der Waals surface area contributed by atoms with Gasteiger partial charge in [-0.1, -0.05) is 0 Å². The van der Waals surface area contributed by atoms with Crippen LogP contribution in [0.4, 0.5) is 5.82 Å². The lowest BCUT2D eigenvalue weighted by Gasteiger charge is -2.13. The normalized spacial score (nSPS) is 31.1. The Labute approximate surface area is 112 Å². The summed E-state index contributed by atoms with van der Waals surface area (Å²) in [6, 6.07) is 0. The van der Waals surface area contributed by atoms with Crippen LogP contribution in [-0.2, 0) is 4.74 Å². The van der Waals surface area contributed by atoms with Gasteiger partial charge in [0.15, 0.2) is 0 Å². The molecule has 0 amide bonds. The molecule has 5 N–H and O–H groups in total. The molecule has 1 saturated heterocycles. The topological polar surface area (TPSA) is 122 Å². The molecule has 1 aliphatic heterocycles. The molecule has 3 rings (SSSR count). The molecule has 3 heterocycles. The highest BCUT2D eigenvalue weighted by atomic mass is 32.1. The van der Waals surface area contributed by atoms with Crippen molar-refractivity contribution in [2.45, 2.75) is 24.4 Å². The third-order valence-electron chi connectivity index (χ3n) is 3.25. The molecule has 0 unspecified atom stereocenters. The number of hydrogen-bond donors (Lipinski definition) is 4. The van der Waals surface area contributed by atoms with Crippen molar-refractivity contribution in [3.63, 3.8) is 0 Å². The number of nitrogens with two attached hydrogens (primary N) is 1. The second-order valence-corrected chi connectivity index (χ2v) is 5.29. The number of nitrogens with zero attached hydrogens (tertiary/aromatic N) is 2. The number of fused-ring (bicyclic) bond motifs is 1. The Bertz CT molecular complexity index is 605. The summed E-state index contributed by atoms with van der Waals surface area (Å²) < 4.78 is 5.49. The van der Waals surface area contributed by atoms with Gasteiger partial charge in [-0.15, -0.1) is 11.3 Å². The van der Waals surface area contributed by atoms with E-state index in [1.807, 2.05) is 0 Å². The van der Waals surface area contributed by atoms with Gasteiger partial charge in [0.05, 0.1) is 22.4 Å². The molecule has 8 heteroatoms. The molecular formula is C11H13N3O4S. The summed E-state index contributed by atoms with van der Waals surface area (Å²) in [5.41, 5.74) is 6.35. The van der Waals surface area contributed by atoms with Crippen LogP contribution in [-0.4, -0.2) is 50.2 Å². The van der Waals surface area contributed by atoms with Gasteiger partial charge in [0, 0.05) is 5.38 Å². The first kappa shape index (κ1) is 12.7. The molecule has 1 aliphatic rings. The summed E-state index contributed by atoms with van der Waals surface area (Å²) in [5, 5.41) is 31.3. The fraction of sp³-hybridized carbons (Fsp3) is 0.455. The van der Waals surface area contributed by atoms with Gasteiger partial charge in [0.1, 0.15) is 36.6 Å². The van der Waals surface area contributed by atoms with Crippen molar-refractivity contribution in [3.05, 3.63) is 16.6 Å². The molecule has 0 spiro atoms. The third-order valence-corrected chi connectivity index (χ3v) is 4.29.